The molecule has 1 aliphatic rings. The van der Waals surface area contributed by atoms with Gasteiger partial charge in [-0.15, -0.1) is 0 Å². The predicted octanol–water partition coefficient (Wildman–Crippen LogP) is 3.48. The van der Waals surface area contributed by atoms with E-state index in [1.807, 2.05) is 0 Å². The molecule has 0 aromatic carbocycles. The summed E-state index contributed by atoms with van der Waals surface area (Å²) in [6.07, 6.45) is 6.00. The Balaban J connectivity index is 1.98. The Bertz CT molecular complexity index is 346. The first-order valence-electron chi connectivity index (χ1n) is 6.21. The minimum atomic E-state index is 0.399. The lowest BCUT2D eigenvalue weighted by atomic mass is 9.87. The predicted molar refractivity (Wildman–Crippen MR) is 68.9 cm³/mol. The number of nitrogens with one attached hydrogen (secondary N) is 1. The SMILES string of the molecule is CCCc1nsc(NC2CCCC2(C)C)n1. The summed E-state index contributed by atoms with van der Waals surface area (Å²) in [5, 5.41) is 4.56. The van der Waals surface area contributed by atoms with Crippen LogP contribution in [-0.2, 0) is 6.42 Å². The van der Waals surface area contributed by atoms with Gasteiger partial charge >= 0.3 is 0 Å². The van der Waals surface area contributed by atoms with Gasteiger partial charge in [-0.1, -0.05) is 27.2 Å². The van der Waals surface area contributed by atoms with Gasteiger partial charge in [0.25, 0.3) is 0 Å². The molecule has 0 spiro atoms. The number of nitrogens with zero attached hydrogens (tertiary/aromatic N) is 2. The molecule has 0 amide bonds. The third-order valence-electron chi connectivity index (χ3n) is 3.50. The van der Waals surface area contributed by atoms with Crippen LogP contribution in [0.4, 0.5) is 5.13 Å². The quantitative estimate of drug-likeness (QED) is 0.874. The van der Waals surface area contributed by atoms with Crippen molar-refractivity contribution in [2.45, 2.75) is 58.9 Å². The fourth-order valence-electron chi connectivity index (χ4n) is 2.38. The molecule has 0 bridgehead atoms. The van der Waals surface area contributed by atoms with Crippen LogP contribution < -0.4 is 5.32 Å². The first kappa shape index (κ1) is 11.8. The highest BCUT2D eigenvalue weighted by atomic mass is 32.1. The minimum absolute atomic E-state index is 0.399. The molecule has 0 radical (unpaired) electrons. The van der Waals surface area contributed by atoms with Gasteiger partial charge in [0.2, 0.25) is 5.13 Å². The van der Waals surface area contributed by atoms with E-state index in [1.54, 1.807) is 0 Å². The molecular formula is C12H21N3S. The molecule has 3 nitrogen and oxygen atoms in total. The van der Waals surface area contributed by atoms with Gasteiger partial charge in [0, 0.05) is 24.0 Å². The van der Waals surface area contributed by atoms with E-state index >= 15 is 0 Å². The number of hydrogen-bond acceptors (Lipinski definition) is 4. The standard InChI is InChI=1S/C12H21N3S/c1-4-6-10-14-11(16-15-10)13-9-7-5-8-12(9,2)3/h9H,4-8H2,1-3H3,(H,13,14,15). The van der Waals surface area contributed by atoms with Crippen LogP contribution in [-0.4, -0.2) is 15.4 Å². The summed E-state index contributed by atoms with van der Waals surface area (Å²) >= 11 is 1.50. The van der Waals surface area contributed by atoms with Crippen LogP contribution in [0.1, 0.15) is 52.3 Å². The van der Waals surface area contributed by atoms with E-state index in [0.717, 1.165) is 23.8 Å². The maximum absolute atomic E-state index is 4.53. The smallest absolute Gasteiger partial charge is 0.202 e. The molecule has 4 heteroatoms. The first-order chi connectivity index (χ1) is 7.62. The highest BCUT2D eigenvalue weighted by Crippen LogP contribution is 2.39. The van der Waals surface area contributed by atoms with Gasteiger partial charge in [0.05, 0.1) is 0 Å². The summed E-state index contributed by atoms with van der Waals surface area (Å²) in [4.78, 5) is 4.53. The Morgan fingerprint density at radius 1 is 1.50 bits per heavy atom. The first-order valence-corrected chi connectivity index (χ1v) is 6.98. The summed E-state index contributed by atoms with van der Waals surface area (Å²) in [6, 6.07) is 0.565. The molecule has 1 aliphatic carbocycles. The maximum Gasteiger partial charge on any atom is 0.202 e. The van der Waals surface area contributed by atoms with Gasteiger partial charge in [-0.25, -0.2) is 4.98 Å². The summed E-state index contributed by atoms with van der Waals surface area (Å²) < 4.78 is 4.36. The van der Waals surface area contributed by atoms with Crippen molar-refractivity contribution < 1.29 is 0 Å². The molecule has 1 aromatic heterocycles. The van der Waals surface area contributed by atoms with E-state index in [9.17, 15) is 0 Å². The highest BCUT2D eigenvalue weighted by Gasteiger charge is 2.34. The lowest BCUT2D eigenvalue weighted by Crippen LogP contribution is -2.30. The third kappa shape index (κ3) is 2.54. The molecule has 1 atom stereocenters. The zero-order valence-corrected chi connectivity index (χ0v) is 11.2. The Kier molecular flexibility index (Phi) is 3.47. The molecule has 2 rings (SSSR count). The Morgan fingerprint density at radius 2 is 2.31 bits per heavy atom. The largest absolute Gasteiger partial charge is 0.357 e. The van der Waals surface area contributed by atoms with Crippen LogP contribution in [0, 0.1) is 5.41 Å². The third-order valence-corrected chi connectivity index (χ3v) is 4.18. The van der Waals surface area contributed by atoms with E-state index in [0.29, 0.717) is 11.5 Å². The van der Waals surface area contributed by atoms with Gasteiger partial charge in [0.15, 0.2) is 0 Å². The van der Waals surface area contributed by atoms with E-state index in [4.69, 9.17) is 0 Å². The average molecular weight is 239 g/mol. The van der Waals surface area contributed by atoms with Crippen LogP contribution in [0.3, 0.4) is 0 Å². The lowest BCUT2D eigenvalue weighted by molar-refractivity contribution is 0.350. The summed E-state index contributed by atoms with van der Waals surface area (Å²) in [5.41, 5.74) is 0.399. The fraction of sp³-hybridized carbons (Fsp3) is 0.833. The van der Waals surface area contributed by atoms with Crippen LogP contribution in [0.5, 0.6) is 0 Å². The number of hydrogen-bond donors (Lipinski definition) is 1. The second-order valence-electron chi connectivity index (χ2n) is 5.34. The van der Waals surface area contributed by atoms with E-state index in [1.165, 1.54) is 30.8 Å². The van der Waals surface area contributed by atoms with Crippen molar-refractivity contribution in [1.29, 1.82) is 0 Å². The lowest BCUT2D eigenvalue weighted by Gasteiger charge is -2.27. The van der Waals surface area contributed by atoms with Crippen LogP contribution in [0.25, 0.3) is 0 Å². The number of aromatic nitrogens is 2. The Morgan fingerprint density at radius 3 is 2.94 bits per heavy atom. The molecule has 16 heavy (non-hydrogen) atoms. The topological polar surface area (TPSA) is 37.8 Å². The minimum Gasteiger partial charge on any atom is -0.357 e. The van der Waals surface area contributed by atoms with E-state index in [-0.39, 0.29) is 0 Å². The molecule has 90 valence electrons. The monoisotopic (exact) mass is 239 g/mol. The van der Waals surface area contributed by atoms with Crippen molar-refractivity contribution in [3.63, 3.8) is 0 Å². The normalized spacial score (nSPS) is 23.6. The molecule has 1 heterocycles. The van der Waals surface area contributed by atoms with E-state index < -0.39 is 0 Å². The molecule has 1 saturated carbocycles. The van der Waals surface area contributed by atoms with Crippen molar-refractivity contribution in [2.75, 3.05) is 5.32 Å². The summed E-state index contributed by atoms with van der Waals surface area (Å²) in [7, 11) is 0. The second-order valence-corrected chi connectivity index (χ2v) is 6.10. The van der Waals surface area contributed by atoms with Crippen molar-refractivity contribution in [3.8, 4) is 0 Å². The van der Waals surface area contributed by atoms with Gasteiger partial charge in [-0.3, -0.25) is 0 Å². The Labute approximate surface area is 102 Å². The summed E-state index contributed by atoms with van der Waals surface area (Å²) in [6.45, 7) is 6.84. The van der Waals surface area contributed by atoms with Crippen molar-refractivity contribution >= 4 is 16.7 Å². The van der Waals surface area contributed by atoms with Gasteiger partial charge in [-0.05, 0) is 24.7 Å². The number of anilines is 1. The molecule has 1 fully saturated rings. The van der Waals surface area contributed by atoms with Crippen LogP contribution in [0.2, 0.25) is 0 Å². The van der Waals surface area contributed by atoms with Gasteiger partial charge < -0.3 is 5.32 Å². The highest BCUT2D eigenvalue weighted by molar-refractivity contribution is 7.09. The number of aryl methyl sites for hydroxylation is 1. The molecule has 0 aliphatic heterocycles. The van der Waals surface area contributed by atoms with E-state index in [2.05, 4.69) is 35.4 Å². The summed E-state index contributed by atoms with van der Waals surface area (Å²) in [5.74, 6) is 0.991. The molecule has 1 unspecified atom stereocenters. The molecule has 0 saturated heterocycles. The Hall–Kier alpha value is -0.640. The molecule has 1 N–H and O–H groups in total. The van der Waals surface area contributed by atoms with Crippen molar-refractivity contribution in [1.82, 2.24) is 9.36 Å². The molecular weight excluding hydrogens is 218 g/mol. The number of rotatable bonds is 4. The molecule has 1 aromatic rings. The van der Waals surface area contributed by atoms with Crippen molar-refractivity contribution in [3.05, 3.63) is 5.82 Å². The van der Waals surface area contributed by atoms with Crippen LogP contribution in [0.15, 0.2) is 0 Å². The zero-order chi connectivity index (χ0) is 11.6. The second kappa shape index (κ2) is 4.70. The van der Waals surface area contributed by atoms with Crippen LogP contribution >= 0.6 is 11.5 Å². The zero-order valence-electron chi connectivity index (χ0n) is 10.4. The van der Waals surface area contributed by atoms with Gasteiger partial charge in [-0.2, -0.15) is 4.37 Å². The van der Waals surface area contributed by atoms with Crippen molar-refractivity contribution in [2.24, 2.45) is 5.41 Å². The average Bonchev–Trinajstić information content (AvgIpc) is 2.76. The van der Waals surface area contributed by atoms with Gasteiger partial charge in [0.1, 0.15) is 5.82 Å². The fourth-order valence-corrected chi connectivity index (χ4v) is 3.05. The maximum atomic E-state index is 4.53.